The minimum Gasteiger partial charge on any atom is -0.296 e. The maximum Gasteiger partial charge on any atom is 0.0702 e. The summed E-state index contributed by atoms with van der Waals surface area (Å²) in [6.45, 7) is 0. The second-order valence-electron chi connectivity index (χ2n) is 6.52. The highest BCUT2D eigenvalue weighted by molar-refractivity contribution is 5.58. The van der Waals surface area contributed by atoms with Crippen LogP contribution >= 0.6 is 0 Å². The third-order valence-electron chi connectivity index (χ3n) is 5.40. The highest BCUT2D eigenvalue weighted by Gasteiger charge is 2.40. The van der Waals surface area contributed by atoms with Crippen LogP contribution in [0, 0.1) is 5.92 Å². The van der Waals surface area contributed by atoms with Crippen LogP contribution in [0.25, 0.3) is 11.3 Å². The van der Waals surface area contributed by atoms with E-state index in [2.05, 4.69) is 54.5 Å². The lowest BCUT2D eigenvalue weighted by atomic mass is 9.73. The van der Waals surface area contributed by atoms with Gasteiger partial charge in [-0.3, -0.25) is 9.88 Å². The van der Waals surface area contributed by atoms with E-state index in [0.717, 1.165) is 17.7 Å². The summed E-state index contributed by atoms with van der Waals surface area (Å²) in [5.74, 6) is 0.823. The highest BCUT2D eigenvalue weighted by atomic mass is 15.2. The molecule has 3 heterocycles. The number of benzene rings is 1. The maximum absolute atomic E-state index is 4.72. The summed E-state index contributed by atoms with van der Waals surface area (Å²) in [5, 5.41) is 0. The highest BCUT2D eigenvalue weighted by Crippen LogP contribution is 2.46. The molecular weight excluding hydrogens is 256 g/mol. The van der Waals surface area contributed by atoms with E-state index < -0.39 is 0 Å². The smallest absolute Gasteiger partial charge is 0.0702 e. The van der Waals surface area contributed by atoms with Crippen molar-refractivity contribution in [2.45, 2.75) is 37.8 Å². The van der Waals surface area contributed by atoms with Crippen molar-refractivity contribution < 1.29 is 0 Å². The number of nitrogens with zero attached hydrogens (tertiary/aromatic N) is 2. The normalized spacial score (nSPS) is 28.7. The quantitative estimate of drug-likeness (QED) is 0.814. The Labute approximate surface area is 126 Å². The molecule has 1 aromatic carbocycles. The first kappa shape index (κ1) is 13.0. The minimum atomic E-state index is 0.579. The molecule has 1 aliphatic carbocycles. The molecule has 1 atom stereocenters. The molecule has 2 aliphatic heterocycles. The van der Waals surface area contributed by atoms with E-state index in [0.29, 0.717) is 6.04 Å². The van der Waals surface area contributed by atoms with Gasteiger partial charge in [-0.1, -0.05) is 36.4 Å². The lowest BCUT2D eigenvalue weighted by Gasteiger charge is -2.50. The average Bonchev–Trinajstić information content (AvgIpc) is 2.57. The Kier molecular flexibility index (Phi) is 3.27. The van der Waals surface area contributed by atoms with Gasteiger partial charge >= 0.3 is 0 Å². The Balaban J connectivity index is 1.62. The van der Waals surface area contributed by atoms with Crippen molar-refractivity contribution in [3.63, 3.8) is 0 Å². The Morgan fingerprint density at radius 2 is 1.71 bits per heavy atom. The van der Waals surface area contributed by atoms with E-state index in [1.807, 2.05) is 6.07 Å². The zero-order chi connectivity index (χ0) is 14.2. The monoisotopic (exact) mass is 278 g/mol. The van der Waals surface area contributed by atoms with Crippen molar-refractivity contribution in [1.29, 1.82) is 0 Å². The molecule has 3 aliphatic rings. The minimum absolute atomic E-state index is 0.579. The molecule has 2 heteroatoms. The number of hydrogen-bond donors (Lipinski definition) is 0. The summed E-state index contributed by atoms with van der Waals surface area (Å²) in [4.78, 5) is 7.31. The third kappa shape index (κ3) is 2.28. The summed E-state index contributed by atoms with van der Waals surface area (Å²) in [7, 11) is 2.30. The Bertz CT molecular complexity index is 595. The molecule has 21 heavy (non-hydrogen) atoms. The lowest BCUT2D eigenvalue weighted by molar-refractivity contribution is 0.00716. The number of aromatic nitrogens is 1. The zero-order valence-corrected chi connectivity index (χ0v) is 12.6. The third-order valence-corrected chi connectivity index (χ3v) is 5.40. The molecule has 0 amide bonds. The number of hydrogen-bond acceptors (Lipinski definition) is 2. The standard InChI is InChI=1S/C19H22N2/c1-21-17-10-7-15(8-11-17)19(21)16-9-12-18(20-13-16)14-5-3-2-4-6-14/h2-6,9,12-13,15,17,19H,7-8,10-11H2,1H3. The fourth-order valence-electron chi connectivity index (χ4n) is 4.25. The summed E-state index contributed by atoms with van der Waals surface area (Å²) < 4.78 is 0. The van der Waals surface area contributed by atoms with Gasteiger partial charge in [0.2, 0.25) is 0 Å². The van der Waals surface area contributed by atoms with Crippen molar-refractivity contribution >= 4 is 0 Å². The first-order chi connectivity index (χ1) is 10.3. The van der Waals surface area contributed by atoms with E-state index >= 15 is 0 Å². The Hall–Kier alpha value is -1.67. The molecule has 2 bridgehead atoms. The molecule has 2 saturated heterocycles. The molecule has 1 aromatic heterocycles. The molecule has 0 radical (unpaired) electrons. The lowest BCUT2D eigenvalue weighted by Crippen LogP contribution is -2.47. The number of rotatable bonds is 2. The van der Waals surface area contributed by atoms with E-state index in [-0.39, 0.29) is 0 Å². The first-order valence-electron chi connectivity index (χ1n) is 8.06. The number of fused-ring (bicyclic) bond motifs is 3. The van der Waals surface area contributed by atoms with Crippen molar-refractivity contribution in [2.75, 3.05) is 7.05 Å². The maximum atomic E-state index is 4.72. The predicted molar refractivity (Wildman–Crippen MR) is 85.9 cm³/mol. The van der Waals surface area contributed by atoms with E-state index in [1.165, 1.54) is 36.8 Å². The van der Waals surface area contributed by atoms with Crippen molar-refractivity contribution in [2.24, 2.45) is 5.92 Å². The van der Waals surface area contributed by atoms with Gasteiger partial charge in [0, 0.05) is 23.8 Å². The summed E-state index contributed by atoms with van der Waals surface area (Å²) in [6, 6.07) is 16.3. The van der Waals surface area contributed by atoms with Crippen LogP contribution in [-0.2, 0) is 0 Å². The van der Waals surface area contributed by atoms with Gasteiger partial charge in [0.05, 0.1) is 5.69 Å². The molecule has 2 aromatic rings. The van der Waals surface area contributed by atoms with Crippen LogP contribution in [0.3, 0.4) is 0 Å². The molecule has 2 nitrogen and oxygen atoms in total. The molecule has 108 valence electrons. The van der Waals surface area contributed by atoms with Gasteiger partial charge in [-0.15, -0.1) is 0 Å². The van der Waals surface area contributed by atoms with Gasteiger partial charge in [-0.05, 0) is 50.3 Å². The molecular formula is C19H22N2. The van der Waals surface area contributed by atoms with Crippen LogP contribution in [0.4, 0.5) is 0 Å². The van der Waals surface area contributed by atoms with Crippen molar-refractivity contribution in [3.8, 4) is 11.3 Å². The number of piperidine rings is 2. The van der Waals surface area contributed by atoms with Crippen LogP contribution in [-0.4, -0.2) is 23.0 Å². The van der Waals surface area contributed by atoms with Gasteiger partial charge in [0.25, 0.3) is 0 Å². The molecule has 1 saturated carbocycles. The van der Waals surface area contributed by atoms with Gasteiger partial charge in [-0.2, -0.15) is 0 Å². The summed E-state index contributed by atoms with van der Waals surface area (Å²) in [6.07, 6.45) is 7.64. The van der Waals surface area contributed by atoms with Crippen molar-refractivity contribution in [3.05, 3.63) is 54.2 Å². The van der Waals surface area contributed by atoms with E-state index in [4.69, 9.17) is 4.98 Å². The average molecular weight is 278 g/mol. The predicted octanol–water partition coefficient (Wildman–Crippen LogP) is 4.29. The van der Waals surface area contributed by atoms with Gasteiger partial charge < -0.3 is 0 Å². The summed E-state index contributed by atoms with van der Waals surface area (Å²) >= 11 is 0. The zero-order valence-electron chi connectivity index (χ0n) is 12.6. The van der Waals surface area contributed by atoms with E-state index in [1.54, 1.807) is 0 Å². The van der Waals surface area contributed by atoms with Crippen LogP contribution in [0.15, 0.2) is 48.7 Å². The Morgan fingerprint density at radius 3 is 2.33 bits per heavy atom. The molecule has 5 rings (SSSR count). The second kappa shape index (κ2) is 5.27. The first-order valence-corrected chi connectivity index (χ1v) is 8.06. The molecule has 0 spiro atoms. The van der Waals surface area contributed by atoms with Gasteiger partial charge in [0.1, 0.15) is 0 Å². The topological polar surface area (TPSA) is 16.1 Å². The number of pyridine rings is 1. The largest absolute Gasteiger partial charge is 0.296 e. The molecule has 0 N–H and O–H groups in total. The second-order valence-corrected chi connectivity index (χ2v) is 6.52. The Morgan fingerprint density at radius 1 is 0.952 bits per heavy atom. The van der Waals surface area contributed by atoms with E-state index in [9.17, 15) is 0 Å². The molecule has 3 fully saturated rings. The van der Waals surface area contributed by atoms with Crippen LogP contribution in [0.5, 0.6) is 0 Å². The van der Waals surface area contributed by atoms with Gasteiger partial charge in [0.15, 0.2) is 0 Å². The summed E-state index contributed by atoms with van der Waals surface area (Å²) in [5.41, 5.74) is 3.66. The van der Waals surface area contributed by atoms with Crippen molar-refractivity contribution in [1.82, 2.24) is 9.88 Å². The SMILES string of the molecule is CN1C2CCC(CC2)C1c1ccc(-c2ccccc2)nc1. The van der Waals surface area contributed by atoms with Crippen LogP contribution in [0.1, 0.15) is 37.3 Å². The van der Waals surface area contributed by atoms with Gasteiger partial charge in [-0.25, -0.2) is 0 Å². The van der Waals surface area contributed by atoms with Crippen LogP contribution < -0.4 is 0 Å². The fourth-order valence-corrected chi connectivity index (χ4v) is 4.25. The van der Waals surface area contributed by atoms with Crippen LogP contribution in [0.2, 0.25) is 0 Å². The fraction of sp³-hybridized carbons (Fsp3) is 0.421. The molecule has 1 unspecified atom stereocenters.